The van der Waals surface area contributed by atoms with Crippen LogP contribution in [0.15, 0.2) is 91.0 Å². The van der Waals surface area contributed by atoms with Gasteiger partial charge in [-0.3, -0.25) is 0 Å². The summed E-state index contributed by atoms with van der Waals surface area (Å²) in [6.45, 7) is 7.27. The van der Waals surface area contributed by atoms with Crippen LogP contribution in [0.2, 0.25) is 5.04 Å². The Morgan fingerprint density at radius 2 is 1.17 bits per heavy atom. The molecule has 3 aromatic carbocycles. The molecule has 0 saturated carbocycles. The lowest BCUT2D eigenvalue weighted by atomic mass is 10.2. The Hall–Kier alpha value is -2.69. The second kappa shape index (κ2) is 9.20. The van der Waals surface area contributed by atoms with Gasteiger partial charge in [-0.05, 0) is 27.5 Å². The van der Waals surface area contributed by atoms with E-state index in [0.29, 0.717) is 12.2 Å². The third-order valence-electron chi connectivity index (χ3n) is 5.06. The summed E-state index contributed by atoms with van der Waals surface area (Å²) in [5, 5.41) is 2.33. The molecule has 29 heavy (non-hydrogen) atoms. The van der Waals surface area contributed by atoms with Crippen LogP contribution in [0, 0.1) is 0 Å². The number of ether oxygens (including phenoxy) is 1. The minimum atomic E-state index is -2.59. The van der Waals surface area contributed by atoms with Gasteiger partial charge in [0.15, 0.2) is 0 Å². The molecule has 0 amide bonds. The highest BCUT2D eigenvalue weighted by molar-refractivity contribution is 6.99. The van der Waals surface area contributed by atoms with Crippen molar-refractivity contribution < 1.29 is 14.0 Å². The zero-order valence-electron chi connectivity index (χ0n) is 17.3. The lowest BCUT2D eigenvalue weighted by molar-refractivity contribution is 0.0444. The molecule has 0 aliphatic heterocycles. The molecule has 150 valence electrons. The van der Waals surface area contributed by atoms with E-state index in [4.69, 9.17) is 9.16 Å². The number of hydrogen-bond donors (Lipinski definition) is 0. The molecule has 3 nitrogen and oxygen atoms in total. The predicted molar refractivity (Wildman–Crippen MR) is 120 cm³/mol. The molecule has 0 aliphatic carbocycles. The van der Waals surface area contributed by atoms with E-state index in [2.05, 4.69) is 69.3 Å². The molecule has 3 rings (SSSR count). The molecule has 0 unspecified atom stereocenters. The van der Waals surface area contributed by atoms with Crippen LogP contribution in [0.3, 0.4) is 0 Å². The lowest BCUT2D eigenvalue weighted by Crippen LogP contribution is -2.66. The minimum Gasteiger partial charge on any atom is -0.460 e. The smallest absolute Gasteiger partial charge is 0.338 e. The Bertz CT molecular complexity index is 864. The van der Waals surface area contributed by atoms with E-state index in [1.54, 1.807) is 12.1 Å². The summed E-state index contributed by atoms with van der Waals surface area (Å²) in [4.78, 5) is 12.2. The van der Waals surface area contributed by atoms with E-state index in [1.807, 2.05) is 30.3 Å². The molecule has 0 fully saturated rings. The lowest BCUT2D eigenvalue weighted by Gasteiger charge is -2.43. The highest BCUT2D eigenvalue weighted by Crippen LogP contribution is 2.36. The number of benzene rings is 3. The summed E-state index contributed by atoms with van der Waals surface area (Å²) in [7, 11) is -2.59. The first-order valence-electron chi connectivity index (χ1n) is 9.92. The van der Waals surface area contributed by atoms with Gasteiger partial charge in [0.1, 0.15) is 6.61 Å². The van der Waals surface area contributed by atoms with Gasteiger partial charge in [0, 0.05) is 0 Å². The summed E-state index contributed by atoms with van der Waals surface area (Å²) in [5.41, 5.74) is 0.554. The van der Waals surface area contributed by atoms with Crippen molar-refractivity contribution in [3.8, 4) is 0 Å². The van der Waals surface area contributed by atoms with Crippen molar-refractivity contribution in [3.05, 3.63) is 96.6 Å². The highest BCUT2D eigenvalue weighted by Gasteiger charge is 2.50. The van der Waals surface area contributed by atoms with Crippen LogP contribution < -0.4 is 10.4 Å². The van der Waals surface area contributed by atoms with Gasteiger partial charge in [-0.25, -0.2) is 4.79 Å². The third-order valence-corrected chi connectivity index (χ3v) is 10.1. The second-order valence-electron chi connectivity index (χ2n) is 8.01. The van der Waals surface area contributed by atoms with E-state index in [-0.39, 0.29) is 17.6 Å². The SMILES string of the molecule is CC(C)(C)[Si](OCCOC(=O)c1ccccc1)(c1ccccc1)c1ccccc1. The van der Waals surface area contributed by atoms with Crippen molar-refractivity contribution in [2.24, 2.45) is 0 Å². The van der Waals surface area contributed by atoms with Gasteiger partial charge in [0.05, 0.1) is 12.2 Å². The van der Waals surface area contributed by atoms with E-state index >= 15 is 0 Å². The Morgan fingerprint density at radius 3 is 1.62 bits per heavy atom. The van der Waals surface area contributed by atoms with Crippen LogP contribution in [-0.4, -0.2) is 27.5 Å². The van der Waals surface area contributed by atoms with Gasteiger partial charge in [0.2, 0.25) is 0 Å². The van der Waals surface area contributed by atoms with Crippen LogP contribution in [0.25, 0.3) is 0 Å². The first-order valence-corrected chi connectivity index (χ1v) is 11.8. The summed E-state index contributed by atoms with van der Waals surface area (Å²) < 4.78 is 12.2. The number of rotatable bonds is 7. The van der Waals surface area contributed by atoms with Gasteiger partial charge >= 0.3 is 5.97 Å². The maximum atomic E-state index is 12.2. The number of carbonyl (C=O) groups excluding carboxylic acids is 1. The van der Waals surface area contributed by atoms with Crippen molar-refractivity contribution in [2.75, 3.05) is 13.2 Å². The molecule has 0 aromatic heterocycles. The average molecular weight is 405 g/mol. The van der Waals surface area contributed by atoms with E-state index in [0.717, 1.165) is 0 Å². The van der Waals surface area contributed by atoms with Crippen molar-refractivity contribution in [1.29, 1.82) is 0 Å². The van der Waals surface area contributed by atoms with Crippen LogP contribution in [-0.2, 0) is 9.16 Å². The van der Waals surface area contributed by atoms with E-state index in [9.17, 15) is 4.79 Å². The molecule has 0 spiro atoms. The minimum absolute atomic E-state index is 0.0981. The Labute approximate surface area is 174 Å². The Morgan fingerprint density at radius 1 is 0.724 bits per heavy atom. The van der Waals surface area contributed by atoms with Gasteiger partial charge in [-0.15, -0.1) is 0 Å². The van der Waals surface area contributed by atoms with Crippen LogP contribution >= 0.6 is 0 Å². The number of carbonyl (C=O) groups is 1. The number of hydrogen-bond acceptors (Lipinski definition) is 3. The fourth-order valence-electron chi connectivity index (χ4n) is 3.75. The zero-order chi connectivity index (χ0) is 20.7. The summed E-state index contributed by atoms with van der Waals surface area (Å²) in [6.07, 6.45) is 0. The molecule has 0 saturated heterocycles. The molecule has 0 heterocycles. The molecule has 0 radical (unpaired) electrons. The zero-order valence-corrected chi connectivity index (χ0v) is 18.3. The van der Waals surface area contributed by atoms with Gasteiger partial charge < -0.3 is 9.16 Å². The third kappa shape index (κ3) is 4.66. The molecular formula is C25H28O3Si. The summed E-state index contributed by atoms with van der Waals surface area (Å²) >= 11 is 0. The quantitative estimate of drug-likeness (QED) is 0.332. The molecule has 4 heteroatoms. The van der Waals surface area contributed by atoms with Crippen molar-refractivity contribution >= 4 is 24.7 Å². The largest absolute Gasteiger partial charge is 0.460 e. The predicted octanol–water partition coefficient (Wildman–Crippen LogP) is 4.42. The first kappa shape index (κ1) is 21.0. The van der Waals surface area contributed by atoms with E-state index in [1.165, 1.54) is 10.4 Å². The second-order valence-corrected chi connectivity index (χ2v) is 12.3. The monoisotopic (exact) mass is 404 g/mol. The Kier molecular flexibility index (Phi) is 6.67. The number of esters is 1. The summed E-state index contributed by atoms with van der Waals surface area (Å²) in [5.74, 6) is -0.323. The standard InChI is InChI=1S/C25H28O3Si/c1-25(2,3)29(22-15-9-5-10-16-22,23-17-11-6-12-18-23)28-20-19-27-24(26)21-13-7-4-8-14-21/h4-18H,19-20H2,1-3H3. The van der Waals surface area contributed by atoms with Gasteiger partial charge in [-0.1, -0.05) is 99.6 Å². The molecule has 0 aliphatic rings. The van der Waals surface area contributed by atoms with Crippen molar-refractivity contribution in [3.63, 3.8) is 0 Å². The fourth-order valence-corrected chi connectivity index (χ4v) is 8.29. The van der Waals surface area contributed by atoms with Crippen LogP contribution in [0.4, 0.5) is 0 Å². The maximum absolute atomic E-state index is 12.2. The first-order chi connectivity index (χ1) is 13.9. The average Bonchev–Trinajstić information content (AvgIpc) is 2.74. The topological polar surface area (TPSA) is 35.5 Å². The van der Waals surface area contributed by atoms with Gasteiger partial charge in [-0.2, -0.15) is 0 Å². The Balaban J connectivity index is 1.83. The van der Waals surface area contributed by atoms with Crippen LogP contribution in [0.1, 0.15) is 31.1 Å². The maximum Gasteiger partial charge on any atom is 0.338 e. The molecule has 3 aromatic rings. The fraction of sp³-hybridized carbons (Fsp3) is 0.240. The molecule has 0 N–H and O–H groups in total. The normalized spacial score (nSPS) is 11.8. The van der Waals surface area contributed by atoms with Crippen molar-refractivity contribution in [1.82, 2.24) is 0 Å². The van der Waals surface area contributed by atoms with Crippen LogP contribution in [0.5, 0.6) is 0 Å². The molecule has 0 bridgehead atoms. The highest BCUT2D eigenvalue weighted by atomic mass is 28.4. The molecule has 0 atom stereocenters. The summed E-state index contributed by atoms with van der Waals surface area (Å²) in [6, 6.07) is 30.0. The molecular weight excluding hydrogens is 376 g/mol. The van der Waals surface area contributed by atoms with Crippen molar-refractivity contribution in [2.45, 2.75) is 25.8 Å². The van der Waals surface area contributed by atoms with Gasteiger partial charge in [0.25, 0.3) is 8.32 Å². The van der Waals surface area contributed by atoms with E-state index < -0.39 is 8.32 Å².